The molecular weight excluding hydrogens is 817 g/mol. The second-order valence-electron chi connectivity index (χ2n) is 18.4. The van der Waals surface area contributed by atoms with E-state index in [-0.39, 0.29) is 31.1 Å². The molecule has 0 saturated heterocycles. The summed E-state index contributed by atoms with van der Waals surface area (Å²) in [5.41, 5.74) is 0. The SMILES string of the molecule is CC/C=C\C/C=C\C/C=C\CCCCCCCCCC(=O)OCC(COC(=O)CCCCCCCCCCCCCCCC)OC(=O)CCCCCCCCC/C=C\C/C=C\C/C=C\CC. The molecule has 0 radical (unpaired) electrons. The number of carbonyl (C=O) groups is 3. The van der Waals surface area contributed by atoms with Crippen molar-refractivity contribution in [2.24, 2.45) is 0 Å². The fraction of sp³-hybridized carbons (Fsp3) is 0.750. The molecule has 0 aliphatic rings. The Morgan fingerprint density at radius 1 is 0.318 bits per heavy atom. The lowest BCUT2D eigenvalue weighted by Gasteiger charge is -2.18. The van der Waals surface area contributed by atoms with Crippen LogP contribution < -0.4 is 0 Å². The van der Waals surface area contributed by atoms with Crippen molar-refractivity contribution in [3.05, 3.63) is 72.9 Å². The van der Waals surface area contributed by atoms with Gasteiger partial charge in [-0.3, -0.25) is 14.4 Å². The molecule has 0 bridgehead atoms. The van der Waals surface area contributed by atoms with Gasteiger partial charge in [-0.15, -0.1) is 0 Å². The maximum Gasteiger partial charge on any atom is 0.306 e. The lowest BCUT2D eigenvalue weighted by atomic mass is 10.0. The molecule has 0 saturated carbocycles. The summed E-state index contributed by atoms with van der Waals surface area (Å²) in [7, 11) is 0. The Kier molecular flexibility index (Phi) is 51.9. The Labute approximate surface area is 408 Å². The molecule has 0 fully saturated rings. The Bertz CT molecular complexity index is 1240. The highest BCUT2D eigenvalue weighted by atomic mass is 16.6. The number of allylic oxidation sites excluding steroid dienone is 12. The van der Waals surface area contributed by atoms with Crippen LogP contribution in [0.4, 0.5) is 0 Å². The number of esters is 3. The highest BCUT2D eigenvalue weighted by molar-refractivity contribution is 5.71. The van der Waals surface area contributed by atoms with Crippen molar-refractivity contribution in [3.63, 3.8) is 0 Å². The minimum absolute atomic E-state index is 0.0806. The number of unbranched alkanes of at least 4 members (excludes halogenated alkanes) is 27. The van der Waals surface area contributed by atoms with Gasteiger partial charge in [0, 0.05) is 19.3 Å². The number of rotatable bonds is 50. The van der Waals surface area contributed by atoms with Gasteiger partial charge in [0.1, 0.15) is 13.2 Å². The third-order valence-electron chi connectivity index (χ3n) is 12.0. The first kappa shape index (κ1) is 62.8. The van der Waals surface area contributed by atoms with E-state index in [1.54, 1.807) is 0 Å². The smallest absolute Gasteiger partial charge is 0.306 e. The van der Waals surface area contributed by atoms with Crippen LogP contribution in [0.1, 0.15) is 271 Å². The summed E-state index contributed by atoms with van der Waals surface area (Å²) in [6, 6.07) is 0. The number of hydrogen-bond donors (Lipinski definition) is 0. The highest BCUT2D eigenvalue weighted by Gasteiger charge is 2.19. The first-order valence-electron chi connectivity index (χ1n) is 27.9. The van der Waals surface area contributed by atoms with Crippen LogP contribution in [0.25, 0.3) is 0 Å². The maximum atomic E-state index is 12.8. The van der Waals surface area contributed by atoms with Gasteiger partial charge in [0.2, 0.25) is 0 Å². The van der Waals surface area contributed by atoms with E-state index in [1.165, 1.54) is 122 Å². The van der Waals surface area contributed by atoms with Gasteiger partial charge in [-0.2, -0.15) is 0 Å². The first-order chi connectivity index (χ1) is 32.5. The van der Waals surface area contributed by atoms with Crippen molar-refractivity contribution in [2.45, 2.75) is 277 Å². The first-order valence-corrected chi connectivity index (χ1v) is 27.9. The molecule has 6 heteroatoms. The molecule has 0 rings (SSSR count). The summed E-state index contributed by atoms with van der Waals surface area (Å²) in [6.45, 7) is 6.42. The quantitative estimate of drug-likeness (QED) is 0.0262. The zero-order valence-electron chi connectivity index (χ0n) is 43.4. The molecule has 0 aromatic rings. The standard InChI is InChI=1S/C60H104O6/c1-4-7-10-13-16-19-22-25-28-30-32-35-38-41-44-47-50-53-59(62)65-56-57(55-64-58(61)52-49-46-43-40-37-34-27-24-21-18-15-12-9-6-3)66-60(63)54-51-48-45-42-39-36-33-31-29-26-23-20-17-14-11-8-5-2/h7-8,10-11,16-17,19-20,25-26,28-29,57H,4-6,9,12-15,18,21-24,27,30-56H2,1-3H3/b10-7-,11-8-,19-16-,20-17-,28-25-,29-26-. The van der Waals surface area contributed by atoms with E-state index in [9.17, 15) is 14.4 Å². The number of hydrogen-bond acceptors (Lipinski definition) is 6. The van der Waals surface area contributed by atoms with Crippen LogP contribution in [0, 0.1) is 0 Å². The maximum absolute atomic E-state index is 12.8. The number of carbonyl (C=O) groups excluding carboxylic acids is 3. The van der Waals surface area contributed by atoms with Crippen LogP contribution in [0.2, 0.25) is 0 Å². The molecule has 0 spiro atoms. The average Bonchev–Trinajstić information content (AvgIpc) is 3.31. The molecular formula is C60H104O6. The van der Waals surface area contributed by atoms with Crippen LogP contribution in [0.15, 0.2) is 72.9 Å². The second-order valence-corrected chi connectivity index (χ2v) is 18.4. The molecule has 0 heterocycles. The van der Waals surface area contributed by atoms with Crippen LogP contribution >= 0.6 is 0 Å². The lowest BCUT2D eigenvalue weighted by molar-refractivity contribution is -0.167. The third kappa shape index (κ3) is 51.8. The van der Waals surface area contributed by atoms with E-state index in [1.807, 2.05) is 0 Å². The molecule has 0 N–H and O–H groups in total. The Balaban J connectivity index is 4.40. The van der Waals surface area contributed by atoms with Crippen LogP contribution in [0.5, 0.6) is 0 Å². The van der Waals surface area contributed by atoms with Crippen molar-refractivity contribution >= 4 is 17.9 Å². The fourth-order valence-electron chi connectivity index (χ4n) is 7.82. The van der Waals surface area contributed by atoms with Gasteiger partial charge in [0.25, 0.3) is 0 Å². The molecule has 1 atom stereocenters. The summed E-state index contributed by atoms with van der Waals surface area (Å²) < 4.78 is 16.9. The largest absolute Gasteiger partial charge is 0.462 e. The van der Waals surface area contributed by atoms with Gasteiger partial charge in [0.15, 0.2) is 6.10 Å². The van der Waals surface area contributed by atoms with Gasteiger partial charge in [0.05, 0.1) is 0 Å². The zero-order chi connectivity index (χ0) is 47.9. The Morgan fingerprint density at radius 3 is 0.924 bits per heavy atom. The summed E-state index contributed by atoms with van der Waals surface area (Å²) in [6.07, 6.45) is 68.8. The fourth-order valence-corrected chi connectivity index (χ4v) is 7.82. The summed E-state index contributed by atoms with van der Waals surface area (Å²) in [5, 5.41) is 0. The lowest BCUT2D eigenvalue weighted by Crippen LogP contribution is -2.30. The van der Waals surface area contributed by atoms with Crippen molar-refractivity contribution in [1.82, 2.24) is 0 Å². The van der Waals surface area contributed by atoms with E-state index in [0.29, 0.717) is 19.3 Å². The van der Waals surface area contributed by atoms with Crippen LogP contribution in [-0.2, 0) is 28.6 Å². The van der Waals surface area contributed by atoms with Crippen molar-refractivity contribution in [2.75, 3.05) is 13.2 Å². The Morgan fingerprint density at radius 2 is 0.591 bits per heavy atom. The minimum atomic E-state index is -0.783. The van der Waals surface area contributed by atoms with Crippen molar-refractivity contribution in [3.8, 4) is 0 Å². The predicted molar refractivity (Wildman–Crippen MR) is 284 cm³/mol. The van der Waals surface area contributed by atoms with Gasteiger partial charge in [-0.25, -0.2) is 0 Å². The van der Waals surface area contributed by atoms with E-state index >= 15 is 0 Å². The van der Waals surface area contributed by atoms with Gasteiger partial charge < -0.3 is 14.2 Å². The number of ether oxygens (including phenoxy) is 3. The molecule has 1 unspecified atom stereocenters. The van der Waals surface area contributed by atoms with E-state index in [4.69, 9.17) is 14.2 Å². The molecule has 380 valence electrons. The topological polar surface area (TPSA) is 78.9 Å². The average molecular weight is 921 g/mol. The predicted octanol–water partition coefficient (Wildman–Crippen LogP) is 18.6. The zero-order valence-corrected chi connectivity index (χ0v) is 43.4. The van der Waals surface area contributed by atoms with E-state index in [2.05, 4.69) is 93.7 Å². The van der Waals surface area contributed by atoms with Crippen LogP contribution in [-0.4, -0.2) is 37.2 Å². The molecule has 0 aliphatic heterocycles. The molecule has 0 aliphatic carbocycles. The highest BCUT2D eigenvalue weighted by Crippen LogP contribution is 2.16. The van der Waals surface area contributed by atoms with Crippen LogP contribution in [0.3, 0.4) is 0 Å². The molecule has 0 amide bonds. The molecule has 0 aromatic carbocycles. The van der Waals surface area contributed by atoms with Gasteiger partial charge in [-0.05, 0) is 83.5 Å². The van der Waals surface area contributed by atoms with E-state index < -0.39 is 6.10 Å². The van der Waals surface area contributed by atoms with Crippen molar-refractivity contribution in [1.29, 1.82) is 0 Å². The second kappa shape index (κ2) is 54.5. The van der Waals surface area contributed by atoms with Gasteiger partial charge >= 0.3 is 17.9 Å². The molecule has 6 nitrogen and oxygen atoms in total. The Hall–Kier alpha value is -3.15. The minimum Gasteiger partial charge on any atom is -0.462 e. The summed E-state index contributed by atoms with van der Waals surface area (Å²) >= 11 is 0. The molecule has 0 aromatic heterocycles. The van der Waals surface area contributed by atoms with E-state index in [0.717, 1.165) is 109 Å². The monoisotopic (exact) mass is 921 g/mol. The van der Waals surface area contributed by atoms with Crippen molar-refractivity contribution < 1.29 is 28.6 Å². The van der Waals surface area contributed by atoms with Gasteiger partial charge in [-0.1, -0.05) is 241 Å². The summed E-state index contributed by atoms with van der Waals surface area (Å²) in [4.78, 5) is 38.1. The molecule has 66 heavy (non-hydrogen) atoms. The third-order valence-corrected chi connectivity index (χ3v) is 12.0. The summed E-state index contributed by atoms with van der Waals surface area (Å²) in [5.74, 6) is -0.892. The normalized spacial score (nSPS) is 12.6.